The average Bonchev–Trinajstić information content (AvgIpc) is 2.55. The van der Waals surface area contributed by atoms with Crippen LogP contribution in [0.25, 0.3) is 10.8 Å². The molecule has 2 aromatic carbocycles. The second-order valence-corrected chi connectivity index (χ2v) is 9.58. The lowest BCUT2D eigenvalue weighted by atomic mass is 9.78. The van der Waals surface area contributed by atoms with E-state index in [2.05, 4.69) is 0 Å². The predicted octanol–water partition coefficient (Wildman–Crippen LogP) is 3.17. The number of methoxy groups -OCH3 is 1. The molecule has 0 saturated carbocycles. The smallest absolute Gasteiger partial charge is 0.156 e. The minimum absolute atomic E-state index is 0.260. The first-order valence-corrected chi connectivity index (χ1v) is 10.1. The number of rotatable bonds is 2. The minimum Gasteiger partial charge on any atom is -0.496 e. The van der Waals surface area contributed by atoms with E-state index in [0.717, 1.165) is 22.8 Å². The van der Waals surface area contributed by atoms with Gasteiger partial charge in [-0.1, -0.05) is 36.8 Å². The highest BCUT2D eigenvalue weighted by molar-refractivity contribution is 7.92. The maximum atomic E-state index is 12.6. The lowest BCUT2D eigenvalue weighted by Crippen LogP contribution is -2.50. The third-order valence-corrected chi connectivity index (χ3v) is 8.35. The summed E-state index contributed by atoms with van der Waals surface area (Å²) in [7, 11) is -1.52. The molecule has 128 valence electrons. The summed E-state index contributed by atoms with van der Waals surface area (Å²) in [6.07, 6.45) is 2.74. The molecule has 2 unspecified atom stereocenters. The summed E-state index contributed by atoms with van der Waals surface area (Å²) < 4.78 is 30.7. The van der Waals surface area contributed by atoms with Crippen LogP contribution in [-0.2, 0) is 15.4 Å². The number of fused-ring (bicyclic) bond motifs is 3. The standard InChI is InChI=1S/C19H22O4S/c1-23-17-10-9-13-5-2-3-8-16(13)18(17)19(20)11-14-6-4-7-15(12-19)24(14,21)22/h2-3,5,8-10,14-15,20H,4,6-7,11-12H2,1H3. The first kappa shape index (κ1) is 15.9. The lowest BCUT2D eigenvalue weighted by molar-refractivity contribution is 0.00446. The molecule has 0 amide bonds. The van der Waals surface area contributed by atoms with Crippen LogP contribution >= 0.6 is 0 Å². The minimum atomic E-state index is -3.12. The molecule has 2 heterocycles. The van der Waals surface area contributed by atoms with Gasteiger partial charge in [-0.3, -0.25) is 0 Å². The molecule has 2 fully saturated rings. The molecule has 4 rings (SSSR count). The number of aliphatic hydroxyl groups is 1. The summed E-state index contributed by atoms with van der Waals surface area (Å²) in [5.74, 6) is 0.633. The normalized spacial score (nSPS) is 31.8. The van der Waals surface area contributed by atoms with Gasteiger partial charge in [-0.25, -0.2) is 8.42 Å². The Morgan fingerprint density at radius 3 is 2.42 bits per heavy atom. The molecule has 24 heavy (non-hydrogen) atoms. The monoisotopic (exact) mass is 346 g/mol. The molecule has 4 nitrogen and oxygen atoms in total. The van der Waals surface area contributed by atoms with Crippen LogP contribution in [0.15, 0.2) is 36.4 Å². The number of hydrogen-bond donors (Lipinski definition) is 1. The van der Waals surface area contributed by atoms with Crippen LogP contribution in [0.3, 0.4) is 0 Å². The Kier molecular flexibility index (Phi) is 3.62. The van der Waals surface area contributed by atoms with E-state index in [1.165, 1.54) is 0 Å². The molecule has 5 heteroatoms. The largest absolute Gasteiger partial charge is 0.496 e. The van der Waals surface area contributed by atoms with Crippen LogP contribution in [0.5, 0.6) is 5.75 Å². The predicted molar refractivity (Wildman–Crippen MR) is 94.0 cm³/mol. The number of benzene rings is 2. The zero-order valence-corrected chi connectivity index (χ0v) is 14.6. The van der Waals surface area contributed by atoms with E-state index in [-0.39, 0.29) is 12.8 Å². The fraction of sp³-hybridized carbons (Fsp3) is 0.474. The van der Waals surface area contributed by atoms with Crippen molar-refractivity contribution in [3.8, 4) is 5.75 Å². The molecule has 2 atom stereocenters. The van der Waals surface area contributed by atoms with Crippen LogP contribution in [0, 0.1) is 0 Å². The molecule has 1 N–H and O–H groups in total. The maximum Gasteiger partial charge on any atom is 0.156 e. The zero-order valence-electron chi connectivity index (χ0n) is 13.7. The van der Waals surface area contributed by atoms with E-state index in [1.807, 2.05) is 36.4 Å². The fourth-order valence-corrected chi connectivity index (χ4v) is 7.10. The van der Waals surface area contributed by atoms with Crippen molar-refractivity contribution in [2.75, 3.05) is 7.11 Å². The third kappa shape index (κ3) is 2.25. The van der Waals surface area contributed by atoms with E-state index >= 15 is 0 Å². The van der Waals surface area contributed by atoms with Gasteiger partial charge in [0.2, 0.25) is 0 Å². The van der Waals surface area contributed by atoms with Crippen molar-refractivity contribution in [1.29, 1.82) is 0 Å². The van der Waals surface area contributed by atoms with Gasteiger partial charge in [-0.05, 0) is 42.5 Å². The molecule has 0 aliphatic carbocycles. The van der Waals surface area contributed by atoms with Crippen molar-refractivity contribution in [2.24, 2.45) is 0 Å². The molecule has 2 saturated heterocycles. The summed E-state index contributed by atoms with van der Waals surface area (Å²) in [5.41, 5.74) is -0.414. The molecule has 0 aromatic heterocycles. The van der Waals surface area contributed by atoms with Gasteiger partial charge in [0.1, 0.15) is 5.75 Å². The van der Waals surface area contributed by atoms with E-state index < -0.39 is 25.9 Å². The van der Waals surface area contributed by atoms with Gasteiger partial charge in [0, 0.05) is 5.56 Å². The molecule has 0 spiro atoms. The van der Waals surface area contributed by atoms with Crippen molar-refractivity contribution in [2.45, 2.75) is 48.2 Å². The maximum absolute atomic E-state index is 12.6. The van der Waals surface area contributed by atoms with E-state index in [1.54, 1.807) is 7.11 Å². The molecule has 2 aliphatic heterocycles. The molecular weight excluding hydrogens is 324 g/mol. The van der Waals surface area contributed by atoms with Crippen molar-refractivity contribution in [1.82, 2.24) is 0 Å². The number of hydrogen-bond acceptors (Lipinski definition) is 4. The van der Waals surface area contributed by atoms with Crippen molar-refractivity contribution < 1.29 is 18.3 Å². The Hall–Kier alpha value is -1.59. The average molecular weight is 346 g/mol. The summed E-state index contributed by atoms with van der Waals surface area (Å²) in [6.45, 7) is 0. The van der Waals surface area contributed by atoms with E-state index in [0.29, 0.717) is 18.6 Å². The molecule has 0 radical (unpaired) electrons. The Labute approximate surface area is 142 Å². The SMILES string of the molecule is COc1ccc2ccccc2c1C1(O)CC2CCCC(C1)S2(=O)=O. The first-order valence-electron chi connectivity index (χ1n) is 8.47. The van der Waals surface area contributed by atoms with Crippen molar-refractivity contribution in [3.05, 3.63) is 42.0 Å². The van der Waals surface area contributed by atoms with Gasteiger partial charge < -0.3 is 9.84 Å². The number of sulfone groups is 1. The number of ether oxygens (including phenoxy) is 1. The second-order valence-electron chi connectivity index (χ2n) is 7.07. The highest BCUT2D eigenvalue weighted by Gasteiger charge is 2.52. The Morgan fingerprint density at radius 2 is 1.75 bits per heavy atom. The Morgan fingerprint density at radius 1 is 1.08 bits per heavy atom. The van der Waals surface area contributed by atoms with Crippen LogP contribution in [-0.4, -0.2) is 31.1 Å². The summed E-state index contributed by atoms with van der Waals surface area (Å²) >= 11 is 0. The molecule has 2 aromatic rings. The second kappa shape index (κ2) is 5.46. The quantitative estimate of drug-likeness (QED) is 0.907. The Bertz CT molecular complexity index is 867. The lowest BCUT2D eigenvalue weighted by Gasteiger charge is -2.44. The van der Waals surface area contributed by atoms with Crippen LogP contribution in [0.1, 0.15) is 37.7 Å². The van der Waals surface area contributed by atoms with Crippen molar-refractivity contribution in [3.63, 3.8) is 0 Å². The summed E-state index contributed by atoms with van der Waals surface area (Å²) in [4.78, 5) is 0. The van der Waals surface area contributed by atoms with Gasteiger partial charge in [0.15, 0.2) is 9.84 Å². The summed E-state index contributed by atoms with van der Waals surface area (Å²) in [6, 6.07) is 11.7. The van der Waals surface area contributed by atoms with Crippen LogP contribution < -0.4 is 4.74 Å². The first-order chi connectivity index (χ1) is 11.5. The van der Waals surface area contributed by atoms with Gasteiger partial charge in [-0.2, -0.15) is 0 Å². The highest BCUT2D eigenvalue weighted by atomic mass is 32.2. The van der Waals surface area contributed by atoms with Gasteiger partial charge in [0.25, 0.3) is 0 Å². The fourth-order valence-electron chi connectivity index (χ4n) is 4.55. The topological polar surface area (TPSA) is 63.6 Å². The van der Waals surface area contributed by atoms with Gasteiger partial charge in [-0.15, -0.1) is 0 Å². The van der Waals surface area contributed by atoms with Crippen molar-refractivity contribution >= 4 is 20.6 Å². The van der Waals surface area contributed by atoms with Crippen LogP contribution in [0.2, 0.25) is 0 Å². The third-order valence-electron chi connectivity index (χ3n) is 5.69. The van der Waals surface area contributed by atoms with E-state index in [4.69, 9.17) is 4.74 Å². The molecular formula is C19H22O4S. The zero-order chi connectivity index (χ0) is 16.9. The van der Waals surface area contributed by atoms with Crippen LogP contribution in [0.4, 0.5) is 0 Å². The van der Waals surface area contributed by atoms with Gasteiger partial charge in [0.05, 0.1) is 23.2 Å². The van der Waals surface area contributed by atoms with Gasteiger partial charge >= 0.3 is 0 Å². The van der Waals surface area contributed by atoms with E-state index in [9.17, 15) is 13.5 Å². The summed E-state index contributed by atoms with van der Waals surface area (Å²) in [5, 5.41) is 12.6. The molecule has 2 aliphatic rings. The Balaban J connectivity index is 1.91. The molecule has 2 bridgehead atoms. The highest BCUT2D eigenvalue weighted by Crippen LogP contribution is 2.50.